The van der Waals surface area contributed by atoms with E-state index in [2.05, 4.69) is 0 Å². The van der Waals surface area contributed by atoms with E-state index >= 15 is 0 Å². The number of rotatable bonds is 7. The molecule has 0 saturated heterocycles. The average Bonchev–Trinajstić information content (AvgIpc) is 2.56. The Morgan fingerprint density at radius 1 is 1.04 bits per heavy atom. The summed E-state index contributed by atoms with van der Waals surface area (Å²) in [6.45, 7) is 2.05. The fourth-order valence-electron chi connectivity index (χ4n) is 1.84. The quantitative estimate of drug-likeness (QED) is 0.571. The van der Waals surface area contributed by atoms with Crippen molar-refractivity contribution in [1.29, 1.82) is 0 Å². The largest absolute Gasteiger partial charge is 0.497 e. The lowest BCUT2D eigenvalue weighted by Gasteiger charge is -2.12. The maximum Gasteiger partial charge on any atom is 0.339 e. The van der Waals surface area contributed by atoms with Crippen LogP contribution in [0.15, 0.2) is 47.4 Å². The molecule has 0 radical (unpaired) electrons. The summed E-state index contributed by atoms with van der Waals surface area (Å²) in [6, 6.07) is 10.1. The summed E-state index contributed by atoms with van der Waals surface area (Å²) >= 11 is 0. The molecule has 0 aromatic heterocycles. The summed E-state index contributed by atoms with van der Waals surface area (Å²) in [6.07, 6.45) is 0.643. The van der Waals surface area contributed by atoms with Gasteiger partial charge >= 0.3 is 10.1 Å². The first-order valence-corrected chi connectivity index (χ1v) is 8.21. The molecule has 0 aliphatic carbocycles. The lowest BCUT2D eigenvalue weighted by atomic mass is 10.2. The molecular weight excluding hydrogens is 320 g/mol. The third-order valence-corrected chi connectivity index (χ3v) is 4.20. The molecule has 0 atom stereocenters. The van der Waals surface area contributed by atoms with E-state index in [1.54, 1.807) is 6.92 Å². The van der Waals surface area contributed by atoms with E-state index in [9.17, 15) is 13.2 Å². The minimum absolute atomic E-state index is 0.0137. The molecule has 7 heteroatoms. The van der Waals surface area contributed by atoms with Gasteiger partial charge in [-0.05, 0) is 49.4 Å². The summed E-state index contributed by atoms with van der Waals surface area (Å²) in [7, 11) is -2.53. The van der Waals surface area contributed by atoms with Crippen LogP contribution in [0.1, 0.15) is 17.3 Å². The standard InChI is InChI=1S/C16H16O6S/c1-3-21-16-10-12(11-17)4-9-15(16)22-23(18,19)14-7-5-13(20-2)6-8-14/h4-11H,3H2,1-2H3. The second-order valence-electron chi connectivity index (χ2n) is 4.47. The number of hydrogen-bond acceptors (Lipinski definition) is 6. The van der Waals surface area contributed by atoms with Gasteiger partial charge in [0.05, 0.1) is 13.7 Å². The van der Waals surface area contributed by atoms with Gasteiger partial charge in [0, 0.05) is 5.56 Å². The van der Waals surface area contributed by atoms with Gasteiger partial charge in [0.25, 0.3) is 0 Å². The van der Waals surface area contributed by atoms with E-state index in [-0.39, 0.29) is 16.4 Å². The molecule has 0 N–H and O–H groups in total. The Morgan fingerprint density at radius 2 is 1.74 bits per heavy atom. The number of aldehydes is 1. The Hall–Kier alpha value is -2.54. The van der Waals surface area contributed by atoms with Crippen molar-refractivity contribution in [2.75, 3.05) is 13.7 Å². The number of hydrogen-bond donors (Lipinski definition) is 0. The predicted molar refractivity (Wildman–Crippen MR) is 83.8 cm³/mol. The minimum Gasteiger partial charge on any atom is -0.497 e. The van der Waals surface area contributed by atoms with E-state index < -0.39 is 10.1 Å². The Balaban J connectivity index is 2.33. The van der Waals surface area contributed by atoms with Crippen LogP contribution >= 0.6 is 0 Å². The van der Waals surface area contributed by atoms with Gasteiger partial charge < -0.3 is 13.7 Å². The smallest absolute Gasteiger partial charge is 0.339 e. The van der Waals surface area contributed by atoms with Crippen LogP contribution in [-0.2, 0) is 10.1 Å². The van der Waals surface area contributed by atoms with Gasteiger partial charge in [-0.2, -0.15) is 8.42 Å². The summed E-state index contributed by atoms with van der Waals surface area (Å²) in [5.41, 5.74) is 0.364. The van der Waals surface area contributed by atoms with E-state index in [0.29, 0.717) is 24.2 Å². The van der Waals surface area contributed by atoms with Crippen LogP contribution in [0.2, 0.25) is 0 Å². The highest BCUT2D eigenvalue weighted by Gasteiger charge is 2.19. The molecule has 122 valence electrons. The minimum atomic E-state index is -4.02. The lowest BCUT2D eigenvalue weighted by molar-refractivity contribution is 0.112. The zero-order chi connectivity index (χ0) is 16.9. The summed E-state index contributed by atoms with van der Waals surface area (Å²) in [5, 5.41) is 0. The van der Waals surface area contributed by atoms with Crippen molar-refractivity contribution in [1.82, 2.24) is 0 Å². The maximum atomic E-state index is 12.3. The van der Waals surface area contributed by atoms with Crippen molar-refractivity contribution in [2.24, 2.45) is 0 Å². The van der Waals surface area contributed by atoms with Crippen molar-refractivity contribution in [2.45, 2.75) is 11.8 Å². The molecule has 0 fully saturated rings. The van der Waals surface area contributed by atoms with Crippen LogP contribution in [-0.4, -0.2) is 28.4 Å². The van der Waals surface area contributed by atoms with Crippen LogP contribution in [0.4, 0.5) is 0 Å². The molecule has 2 aromatic carbocycles. The van der Waals surface area contributed by atoms with Gasteiger partial charge in [-0.1, -0.05) is 0 Å². The van der Waals surface area contributed by atoms with Crippen molar-refractivity contribution in [3.8, 4) is 17.2 Å². The van der Waals surface area contributed by atoms with Crippen molar-refractivity contribution in [3.63, 3.8) is 0 Å². The molecular formula is C16H16O6S. The van der Waals surface area contributed by atoms with Crippen LogP contribution < -0.4 is 13.7 Å². The highest BCUT2D eigenvalue weighted by atomic mass is 32.2. The van der Waals surface area contributed by atoms with Gasteiger partial charge in [-0.3, -0.25) is 4.79 Å². The van der Waals surface area contributed by atoms with Crippen LogP contribution in [0, 0.1) is 0 Å². The topological polar surface area (TPSA) is 78.9 Å². The number of methoxy groups -OCH3 is 1. The second kappa shape index (κ2) is 7.15. The summed E-state index contributed by atoms with van der Waals surface area (Å²) < 4.78 is 40.1. The van der Waals surface area contributed by atoms with E-state index in [4.69, 9.17) is 13.7 Å². The first-order chi connectivity index (χ1) is 11.0. The Bertz CT molecular complexity index is 781. The summed E-state index contributed by atoms with van der Waals surface area (Å²) in [5.74, 6) is 0.747. The first-order valence-electron chi connectivity index (χ1n) is 6.80. The van der Waals surface area contributed by atoms with Crippen molar-refractivity contribution >= 4 is 16.4 Å². The third-order valence-electron chi connectivity index (χ3n) is 2.95. The molecule has 2 rings (SSSR count). The molecule has 6 nitrogen and oxygen atoms in total. The van der Waals surface area contributed by atoms with Gasteiger partial charge in [0.1, 0.15) is 16.9 Å². The van der Waals surface area contributed by atoms with Crippen molar-refractivity contribution < 1.29 is 26.9 Å². The van der Waals surface area contributed by atoms with Crippen LogP contribution in [0.25, 0.3) is 0 Å². The molecule has 0 saturated carbocycles. The van der Waals surface area contributed by atoms with E-state index in [1.165, 1.54) is 49.6 Å². The average molecular weight is 336 g/mol. The lowest BCUT2D eigenvalue weighted by Crippen LogP contribution is -2.11. The molecule has 0 amide bonds. The summed E-state index contributed by atoms with van der Waals surface area (Å²) in [4.78, 5) is 10.8. The fourth-order valence-corrected chi connectivity index (χ4v) is 2.78. The van der Waals surface area contributed by atoms with E-state index in [1.807, 2.05) is 0 Å². The normalized spacial score (nSPS) is 10.9. The third kappa shape index (κ3) is 4.01. The van der Waals surface area contributed by atoms with E-state index in [0.717, 1.165) is 0 Å². The highest BCUT2D eigenvalue weighted by molar-refractivity contribution is 7.87. The molecule has 0 aliphatic rings. The van der Waals surface area contributed by atoms with Crippen molar-refractivity contribution in [3.05, 3.63) is 48.0 Å². The Labute approximate surface area is 134 Å². The number of benzene rings is 2. The van der Waals surface area contributed by atoms with Gasteiger partial charge in [0.15, 0.2) is 11.5 Å². The first kappa shape index (κ1) is 16.8. The Morgan fingerprint density at radius 3 is 2.30 bits per heavy atom. The van der Waals surface area contributed by atoms with Gasteiger partial charge in [-0.15, -0.1) is 0 Å². The molecule has 2 aromatic rings. The predicted octanol–water partition coefficient (Wildman–Crippen LogP) is 2.67. The fraction of sp³-hybridized carbons (Fsp3) is 0.188. The number of carbonyl (C=O) groups is 1. The van der Waals surface area contributed by atoms with Crippen LogP contribution in [0.5, 0.6) is 17.2 Å². The maximum absolute atomic E-state index is 12.3. The molecule has 0 heterocycles. The Kier molecular flexibility index (Phi) is 5.23. The van der Waals surface area contributed by atoms with Crippen LogP contribution in [0.3, 0.4) is 0 Å². The monoisotopic (exact) mass is 336 g/mol. The van der Waals surface area contributed by atoms with Gasteiger partial charge in [0.2, 0.25) is 0 Å². The molecule has 0 aliphatic heterocycles. The SMILES string of the molecule is CCOc1cc(C=O)ccc1OS(=O)(=O)c1ccc(OC)cc1. The molecule has 0 unspecified atom stereocenters. The number of carbonyl (C=O) groups excluding carboxylic acids is 1. The molecule has 0 bridgehead atoms. The number of ether oxygens (including phenoxy) is 2. The zero-order valence-electron chi connectivity index (χ0n) is 12.7. The second-order valence-corrected chi connectivity index (χ2v) is 6.02. The highest BCUT2D eigenvalue weighted by Crippen LogP contribution is 2.31. The molecule has 0 spiro atoms. The zero-order valence-corrected chi connectivity index (χ0v) is 13.5. The van der Waals surface area contributed by atoms with Gasteiger partial charge in [-0.25, -0.2) is 0 Å². The molecule has 23 heavy (non-hydrogen) atoms.